The second-order valence-electron chi connectivity index (χ2n) is 5.16. The minimum Gasteiger partial charge on any atom is -0.396 e. The van der Waals surface area contributed by atoms with Gasteiger partial charge in [0.15, 0.2) is 0 Å². The van der Waals surface area contributed by atoms with Gasteiger partial charge in [-0.2, -0.15) is 4.91 Å². The molecule has 0 aromatic rings. The summed E-state index contributed by atoms with van der Waals surface area (Å²) in [5.74, 6) is -0.109. The number of nitroso groups, excluding NO2 is 1. The molecule has 0 aliphatic rings. The molecule has 0 saturated heterocycles. The van der Waals surface area contributed by atoms with E-state index in [1.165, 1.54) is 0 Å². The van der Waals surface area contributed by atoms with Crippen LogP contribution in [0.4, 0.5) is 0 Å². The molecule has 0 spiro atoms. The van der Waals surface area contributed by atoms with E-state index in [-0.39, 0.29) is 44.1 Å². The van der Waals surface area contributed by atoms with Crippen molar-refractivity contribution in [3.05, 3.63) is 4.91 Å². The van der Waals surface area contributed by atoms with Gasteiger partial charge in [0.25, 0.3) is 0 Å². The average Bonchev–Trinajstić information content (AvgIpc) is 2.48. The van der Waals surface area contributed by atoms with E-state index in [9.17, 15) is 4.91 Å². The molecular formula is C13H28N2O5. The molecule has 120 valence electrons. The van der Waals surface area contributed by atoms with Gasteiger partial charge in [0.1, 0.15) is 0 Å². The number of nitrogens with two attached hydrogens (primary N) is 1. The van der Waals surface area contributed by atoms with Crippen LogP contribution in [0, 0.1) is 22.7 Å². The number of rotatable bonds is 14. The van der Waals surface area contributed by atoms with Crippen molar-refractivity contribution in [1.82, 2.24) is 0 Å². The summed E-state index contributed by atoms with van der Waals surface area (Å²) in [6, 6.07) is 0. The van der Waals surface area contributed by atoms with Crippen molar-refractivity contribution in [3.63, 3.8) is 0 Å². The zero-order chi connectivity index (χ0) is 15.2. The Labute approximate surface area is 120 Å². The molecule has 0 bridgehead atoms. The predicted molar refractivity (Wildman–Crippen MR) is 76.1 cm³/mol. The smallest absolute Gasteiger partial charge is 0.0861 e. The van der Waals surface area contributed by atoms with E-state index < -0.39 is 0 Å². The van der Waals surface area contributed by atoms with Gasteiger partial charge in [-0.25, -0.2) is 0 Å². The Kier molecular flexibility index (Phi) is 13.0. The molecule has 0 aromatic carbocycles. The standard InChI is InChI=1S/C13H28N2O5/c14-4-11(9-20-10-13(7-17)8-18)2-1-3-12(6-16)5-15-19/h11-13,16-18H,1-10,14H2. The highest BCUT2D eigenvalue weighted by Gasteiger charge is 2.12. The molecule has 0 radical (unpaired) electrons. The van der Waals surface area contributed by atoms with Crippen molar-refractivity contribution in [3.8, 4) is 0 Å². The van der Waals surface area contributed by atoms with Crippen LogP contribution in [0.25, 0.3) is 0 Å². The van der Waals surface area contributed by atoms with Gasteiger partial charge in [0, 0.05) is 18.4 Å². The Morgan fingerprint density at radius 1 is 0.950 bits per heavy atom. The molecular weight excluding hydrogens is 264 g/mol. The molecule has 2 unspecified atom stereocenters. The summed E-state index contributed by atoms with van der Waals surface area (Å²) < 4.78 is 5.44. The third kappa shape index (κ3) is 9.33. The summed E-state index contributed by atoms with van der Waals surface area (Å²) in [5, 5.41) is 29.7. The lowest BCUT2D eigenvalue weighted by Crippen LogP contribution is -2.24. The van der Waals surface area contributed by atoms with Crippen molar-refractivity contribution in [2.45, 2.75) is 19.3 Å². The second kappa shape index (κ2) is 13.4. The Morgan fingerprint density at radius 2 is 1.50 bits per heavy atom. The highest BCUT2D eigenvalue weighted by atomic mass is 16.5. The van der Waals surface area contributed by atoms with Crippen LogP contribution in [-0.4, -0.2) is 61.4 Å². The van der Waals surface area contributed by atoms with Crippen LogP contribution in [0.1, 0.15) is 19.3 Å². The molecule has 0 aliphatic heterocycles. The summed E-state index contributed by atoms with van der Waals surface area (Å²) in [7, 11) is 0. The van der Waals surface area contributed by atoms with E-state index in [1.807, 2.05) is 0 Å². The quantitative estimate of drug-likeness (QED) is 0.326. The maximum atomic E-state index is 10.1. The monoisotopic (exact) mass is 292 g/mol. The molecule has 0 saturated carbocycles. The number of hydrogen-bond donors (Lipinski definition) is 4. The highest BCUT2D eigenvalue weighted by Crippen LogP contribution is 2.14. The number of aliphatic hydroxyl groups is 3. The van der Waals surface area contributed by atoms with E-state index in [1.54, 1.807) is 0 Å². The zero-order valence-electron chi connectivity index (χ0n) is 12.0. The van der Waals surface area contributed by atoms with Gasteiger partial charge < -0.3 is 25.8 Å². The fourth-order valence-electron chi connectivity index (χ4n) is 1.87. The normalized spacial score (nSPS) is 14.4. The van der Waals surface area contributed by atoms with Crippen molar-refractivity contribution >= 4 is 0 Å². The summed E-state index contributed by atoms with van der Waals surface area (Å²) in [5.41, 5.74) is 5.67. The molecule has 7 heteroatoms. The molecule has 0 fully saturated rings. The van der Waals surface area contributed by atoms with E-state index >= 15 is 0 Å². The van der Waals surface area contributed by atoms with E-state index in [0.717, 1.165) is 19.3 Å². The van der Waals surface area contributed by atoms with Crippen LogP contribution in [0.2, 0.25) is 0 Å². The van der Waals surface area contributed by atoms with E-state index in [4.69, 9.17) is 25.8 Å². The highest BCUT2D eigenvalue weighted by molar-refractivity contribution is 4.65. The largest absolute Gasteiger partial charge is 0.396 e. The third-order valence-electron chi connectivity index (χ3n) is 3.37. The van der Waals surface area contributed by atoms with Crippen LogP contribution in [0.3, 0.4) is 0 Å². The summed E-state index contributed by atoms with van der Waals surface area (Å²) in [6.07, 6.45) is 2.46. The Balaban J connectivity index is 3.77. The predicted octanol–water partition coefficient (Wildman–Crippen LogP) is -0.276. The molecule has 0 aromatic heterocycles. The van der Waals surface area contributed by atoms with Gasteiger partial charge in [0.05, 0.1) is 33.0 Å². The first-order valence-corrected chi connectivity index (χ1v) is 7.11. The van der Waals surface area contributed by atoms with E-state index in [2.05, 4.69) is 5.18 Å². The summed E-state index contributed by atoms with van der Waals surface area (Å²) >= 11 is 0. The van der Waals surface area contributed by atoms with Crippen LogP contribution in [-0.2, 0) is 4.74 Å². The molecule has 0 rings (SSSR count). The maximum Gasteiger partial charge on any atom is 0.0861 e. The second-order valence-corrected chi connectivity index (χ2v) is 5.16. The summed E-state index contributed by atoms with van der Waals surface area (Å²) in [6.45, 7) is 1.24. The van der Waals surface area contributed by atoms with Gasteiger partial charge in [-0.05, 0) is 25.3 Å². The molecule has 5 N–H and O–H groups in total. The minimum atomic E-state index is -0.245. The number of aliphatic hydroxyl groups excluding tert-OH is 3. The van der Waals surface area contributed by atoms with Crippen molar-refractivity contribution in [2.75, 3.05) is 46.1 Å². The molecule has 7 nitrogen and oxygen atoms in total. The lowest BCUT2D eigenvalue weighted by atomic mass is 9.97. The maximum absolute atomic E-state index is 10.1. The zero-order valence-corrected chi connectivity index (χ0v) is 12.0. The molecule has 2 atom stereocenters. The summed E-state index contributed by atoms with van der Waals surface area (Å²) in [4.78, 5) is 10.1. The first kappa shape index (κ1) is 19.4. The fourth-order valence-corrected chi connectivity index (χ4v) is 1.87. The van der Waals surface area contributed by atoms with Crippen molar-refractivity contribution in [1.29, 1.82) is 0 Å². The third-order valence-corrected chi connectivity index (χ3v) is 3.37. The molecule has 0 aliphatic carbocycles. The van der Waals surface area contributed by atoms with Gasteiger partial charge in [-0.1, -0.05) is 11.6 Å². The SMILES string of the molecule is NCC(CCCC(CO)CN=O)COCC(CO)CO. The average molecular weight is 292 g/mol. The van der Waals surface area contributed by atoms with Gasteiger partial charge in [-0.15, -0.1) is 0 Å². The first-order chi connectivity index (χ1) is 9.71. The number of hydrogen-bond acceptors (Lipinski definition) is 7. The first-order valence-electron chi connectivity index (χ1n) is 7.11. The van der Waals surface area contributed by atoms with Crippen LogP contribution in [0.5, 0.6) is 0 Å². The molecule has 20 heavy (non-hydrogen) atoms. The van der Waals surface area contributed by atoms with Gasteiger partial charge in [-0.3, -0.25) is 0 Å². The number of nitrogens with zero attached hydrogens (tertiary/aromatic N) is 1. The van der Waals surface area contributed by atoms with Crippen molar-refractivity contribution in [2.24, 2.45) is 28.7 Å². The van der Waals surface area contributed by atoms with Gasteiger partial charge >= 0.3 is 0 Å². The number of ether oxygens (including phenoxy) is 1. The van der Waals surface area contributed by atoms with Gasteiger partial charge in [0.2, 0.25) is 0 Å². The van der Waals surface area contributed by atoms with Crippen LogP contribution >= 0.6 is 0 Å². The topological polar surface area (TPSA) is 125 Å². The fraction of sp³-hybridized carbons (Fsp3) is 1.00. The Bertz CT molecular complexity index is 227. The molecule has 0 amide bonds. The van der Waals surface area contributed by atoms with Crippen LogP contribution < -0.4 is 5.73 Å². The lowest BCUT2D eigenvalue weighted by Gasteiger charge is -2.18. The van der Waals surface area contributed by atoms with Crippen molar-refractivity contribution < 1.29 is 20.1 Å². The Morgan fingerprint density at radius 3 is 2.00 bits per heavy atom. The minimum absolute atomic E-state index is 0.0236. The van der Waals surface area contributed by atoms with E-state index in [0.29, 0.717) is 19.8 Å². The lowest BCUT2D eigenvalue weighted by molar-refractivity contribution is 0.0289. The van der Waals surface area contributed by atoms with Crippen LogP contribution in [0.15, 0.2) is 5.18 Å². The molecule has 0 heterocycles. The Hall–Kier alpha value is -0.600.